The Hall–Kier alpha value is -1.50. The van der Waals surface area contributed by atoms with Crippen molar-refractivity contribution in [2.24, 2.45) is 0 Å². The number of rotatable bonds is 19. The Kier molecular flexibility index (Phi) is 20.9. The summed E-state index contributed by atoms with van der Waals surface area (Å²) in [5, 5.41) is 200. The molecule has 6 fully saturated rings. The van der Waals surface area contributed by atoms with Crippen molar-refractivity contribution >= 4 is 0 Å². The third kappa shape index (κ3) is 12.4. The number of aliphatic hydroxyl groups is 19. The first-order chi connectivity index (χ1) is 33.2. The third-order valence-corrected chi connectivity index (χ3v) is 12.7. The summed E-state index contributed by atoms with van der Waals surface area (Å²) >= 11 is 0. The molecule has 0 spiro atoms. The van der Waals surface area contributed by atoms with Crippen LogP contribution < -0.4 is 0 Å². The Morgan fingerprint density at radius 2 is 0.557 bits per heavy atom. The molecule has 31 heteroatoms. The van der Waals surface area contributed by atoms with Crippen LogP contribution in [0.15, 0.2) is 12.7 Å². The largest absolute Gasteiger partial charge is 0.394 e. The zero-order valence-electron chi connectivity index (χ0n) is 37.0. The second-order valence-corrected chi connectivity index (χ2v) is 17.5. The lowest BCUT2D eigenvalue weighted by atomic mass is 9.96. The Morgan fingerprint density at radius 3 is 0.886 bits per heavy atom. The second kappa shape index (κ2) is 25.4. The van der Waals surface area contributed by atoms with E-state index in [1.807, 2.05) is 0 Å². The van der Waals surface area contributed by atoms with Crippen molar-refractivity contribution in [3.63, 3.8) is 0 Å². The predicted octanol–water partition coefficient (Wildman–Crippen LogP) is -12.9. The predicted molar refractivity (Wildman–Crippen MR) is 213 cm³/mol. The highest BCUT2D eigenvalue weighted by atomic mass is 16.8. The maximum absolute atomic E-state index is 11.5. The van der Waals surface area contributed by atoms with Crippen LogP contribution in [0.25, 0.3) is 0 Å². The summed E-state index contributed by atoms with van der Waals surface area (Å²) in [6, 6.07) is 0. The summed E-state index contributed by atoms with van der Waals surface area (Å²) in [6.45, 7) is -1.71. The smallest absolute Gasteiger partial charge is 0.187 e. The monoisotopic (exact) mass is 1030 g/mol. The maximum Gasteiger partial charge on any atom is 0.187 e. The first-order valence-electron chi connectivity index (χ1n) is 22.2. The number of hydrogen-bond donors (Lipinski definition) is 19. The molecule has 0 amide bonds. The van der Waals surface area contributed by atoms with Gasteiger partial charge < -0.3 is 154 Å². The molecule has 6 aliphatic rings. The fourth-order valence-corrected chi connectivity index (χ4v) is 8.48. The van der Waals surface area contributed by atoms with Crippen molar-refractivity contribution in [1.29, 1.82) is 0 Å². The van der Waals surface area contributed by atoms with Gasteiger partial charge >= 0.3 is 0 Å². The molecule has 6 rings (SSSR count). The molecule has 70 heavy (non-hydrogen) atoms. The lowest BCUT2D eigenvalue weighted by Gasteiger charge is -2.47. The van der Waals surface area contributed by atoms with Gasteiger partial charge in [-0.1, -0.05) is 6.08 Å². The molecule has 6 aliphatic heterocycles. The zero-order valence-corrected chi connectivity index (χ0v) is 37.0. The van der Waals surface area contributed by atoms with Gasteiger partial charge in [-0.25, -0.2) is 0 Å². The van der Waals surface area contributed by atoms with Crippen LogP contribution in [0.1, 0.15) is 0 Å². The highest BCUT2D eigenvalue weighted by Gasteiger charge is 2.55. The molecule has 6 saturated heterocycles. The van der Waals surface area contributed by atoms with Gasteiger partial charge in [-0.2, -0.15) is 0 Å². The van der Waals surface area contributed by atoms with Crippen LogP contribution in [-0.2, 0) is 56.8 Å². The van der Waals surface area contributed by atoms with E-state index in [9.17, 15) is 97.0 Å². The molecule has 0 unspecified atom stereocenters. The van der Waals surface area contributed by atoms with Crippen LogP contribution in [0.2, 0.25) is 0 Å². The Balaban J connectivity index is 1.15. The average molecular weight is 1030 g/mol. The Bertz CT molecular complexity index is 1590. The van der Waals surface area contributed by atoms with Crippen molar-refractivity contribution in [2.75, 3.05) is 46.2 Å². The fraction of sp³-hybridized carbons (Fsp3) is 0.949. The van der Waals surface area contributed by atoms with Crippen LogP contribution in [-0.4, -0.2) is 328 Å². The standard InChI is InChI=1S/C39H66O31/c1-2-3-59-36-30(57)32(69-38-28(55)23(50)17(44)11(5-41)64-38)20(47)14(67-36)8-61-35-27(54)25(52)19(46)13(66-35)7-62-37-31(58)33(70-39-29(56)24(51)18(45)12(6-42)65-39)21(48)15(68-37)9-60-34-26(53)22(49)16(43)10(4-40)63-34/h2,10-58H,1,3-9H2/t10-,11-,12-,13-,14-,15-,16-,17-,18-,19-,20-,21-,22+,23+,24+,25+,26-,27-,28-,29-,30-,31-,32+,33+,34-,35-,36+,37-,38+,39+/m1/s1. The molecule has 408 valence electrons. The highest BCUT2D eigenvalue weighted by molar-refractivity contribution is 4.98. The lowest BCUT2D eigenvalue weighted by molar-refractivity contribution is -0.373. The molecule has 0 bridgehead atoms. The van der Waals surface area contributed by atoms with E-state index in [0.29, 0.717) is 0 Å². The quantitative estimate of drug-likeness (QED) is 0.0534. The number of ether oxygens (including phenoxy) is 12. The molecule has 19 N–H and O–H groups in total. The van der Waals surface area contributed by atoms with E-state index in [-0.39, 0.29) is 6.61 Å². The summed E-state index contributed by atoms with van der Waals surface area (Å²) < 4.78 is 66.9. The van der Waals surface area contributed by atoms with Gasteiger partial charge in [-0.3, -0.25) is 0 Å². The van der Waals surface area contributed by atoms with Gasteiger partial charge in [0, 0.05) is 0 Å². The summed E-state index contributed by atoms with van der Waals surface area (Å²) in [6.07, 6.45) is -53.7. The molecule has 0 radical (unpaired) electrons. The van der Waals surface area contributed by atoms with Crippen molar-refractivity contribution in [3.8, 4) is 0 Å². The molecule has 30 atom stereocenters. The molecule has 0 aromatic carbocycles. The van der Waals surface area contributed by atoms with Crippen molar-refractivity contribution in [3.05, 3.63) is 12.7 Å². The number of hydrogen-bond acceptors (Lipinski definition) is 31. The molecule has 0 aliphatic carbocycles. The Labute approximate surface area is 396 Å². The van der Waals surface area contributed by atoms with Gasteiger partial charge in [0.15, 0.2) is 37.7 Å². The maximum atomic E-state index is 11.5. The summed E-state index contributed by atoms with van der Waals surface area (Å²) in [5.41, 5.74) is 0. The molecule has 0 aromatic rings. The molecule has 0 saturated carbocycles. The van der Waals surface area contributed by atoms with Crippen LogP contribution in [0, 0.1) is 0 Å². The van der Waals surface area contributed by atoms with Crippen LogP contribution in [0.5, 0.6) is 0 Å². The highest BCUT2D eigenvalue weighted by Crippen LogP contribution is 2.34. The molecular weight excluding hydrogens is 964 g/mol. The van der Waals surface area contributed by atoms with Crippen molar-refractivity contribution < 1.29 is 154 Å². The van der Waals surface area contributed by atoms with Gasteiger partial charge in [-0.05, 0) is 0 Å². The first-order valence-corrected chi connectivity index (χ1v) is 22.2. The molecular formula is C39H66O31. The zero-order chi connectivity index (χ0) is 51.5. The minimum atomic E-state index is -2.11. The third-order valence-electron chi connectivity index (χ3n) is 12.7. The van der Waals surface area contributed by atoms with Gasteiger partial charge in [0.05, 0.1) is 46.2 Å². The fourth-order valence-electron chi connectivity index (χ4n) is 8.48. The van der Waals surface area contributed by atoms with Gasteiger partial charge in [0.1, 0.15) is 146 Å². The SMILES string of the molecule is C=CCO[C@H]1O[C@H](CO[C@@H]2O[C@H](CO[C@@H]3O[C@H](CO[C@@H]4O[C@H](CO)[C@@H](O)[C@H](O)[C@H]4O)[C@@H](O)[C@H](O[C@@H]4O[C@H](CO)[C@@H](O)[C@H](O)[C@H]4O)[C@H]3O)[C@@H](O)[C@H](O)[C@H]2O)[C@@H](O)[C@H](O[C@@H]2O[C@H](CO)[C@@H](O)[C@H](O)[C@H]2O)[C@H]1O. The minimum absolute atomic E-state index is 0.223. The average Bonchev–Trinajstić information content (AvgIpc) is 3.35. The summed E-state index contributed by atoms with van der Waals surface area (Å²) in [4.78, 5) is 0. The minimum Gasteiger partial charge on any atom is -0.394 e. The van der Waals surface area contributed by atoms with Gasteiger partial charge in [0.25, 0.3) is 0 Å². The summed E-state index contributed by atoms with van der Waals surface area (Å²) in [5.74, 6) is 0. The van der Waals surface area contributed by atoms with E-state index in [2.05, 4.69) is 6.58 Å². The van der Waals surface area contributed by atoms with Crippen LogP contribution in [0.4, 0.5) is 0 Å². The molecule has 6 heterocycles. The van der Waals surface area contributed by atoms with Crippen LogP contribution >= 0.6 is 0 Å². The van der Waals surface area contributed by atoms with E-state index in [0.717, 1.165) is 0 Å². The molecule has 0 aromatic heterocycles. The van der Waals surface area contributed by atoms with E-state index in [1.54, 1.807) is 0 Å². The van der Waals surface area contributed by atoms with Crippen LogP contribution in [0.3, 0.4) is 0 Å². The topological polar surface area (TPSA) is 495 Å². The normalized spacial score (nSPS) is 51.5. The van der Waals surface area contributed by atoms with Gasteiger partial charge in [-0.15, -0.1) is 6.58 Å². The van der Waals surface area contributed by atoms with E-state index in [4.69, 9.17) is 56.8 Å². The van der Waals surface area contributed by atoms with E-state index in [1.165, 1.54) is 6.08 Å². The van der Waals surface area contributed by atoms with Crippen molar-refractivity contribution in [1.82, 2.24) is 0 Å². The van der Waals surface area contributed by atoms with Gasteiger partial charge in [0.2, 0.25) is 0 Å². The van der Waals surface area contributed by atoms with E-state index >= 15 is 0 Å². The lowest BCUT2D eigenvalue weighted by Crippen LogP contribution is -2.66. The summed E-state index contributed by atoms with van der Waals surface area (Å²) in [7, 11) is 0. The Morgan fingerprint density at radius 1 is 0.300 bits per heavy atom. The van der Waals surface area contributed by atoms with Crippen molar-refractivity contribution in [2.45, 2.75) is 184 Å². The molecule has 31 nitrogen and oxygen atoms in total. The number of aliphatic hydroxyl groups excluding tert-OH is 19. The van der Waals surface area contributed by atoms with E-state index < -0.39 is 224 Å². The first kappa shape index (κ1) is 57.8. The second-order valence-electron chi connectivity index (χ2n) is 17.5.